The number of hydrogen-bond donors (Lipinski definition) is 1. The van der Waals surface area contributed by atoms with Gasteiger partial charge in [-0.2, -0.15) is 0 Å². The van der Waals surface area contributed by atoms with Gasteiger partial charge in [0, 0.05) is 11.3 Å². The second kappa shape index (κ2) is 4.83. The molecule has 0 aromatic carbocycles. The van der Waals surface area contributed by atoms with Crippen molar-refractivity contribution in [1.82, 2.24) is 9.55 Å². The number of nitrogens with zero attached hydrogens (tertiary/aromatic N) is 2. The Morgan fingerprint density at radius 1 is 1.47 bits per heavy atom. The maximum atomic E-state index is 6.17. The van der Waals surface area contributed by atoms with E-state index in [9.17, 15) is 0 Å². The number of aromatic nitrogens is 2. The van der Waals surface area contributed by atoms with Gasteiger partial charge < -0.3 is 10.3 Å². The first-order valence-corrected chi connectivity index (χ1v) is 6.12. The van der Waals surface area contributed by atoms with E-state index in [2.05, 4.69) is 40.5 Å². The van der Waals surface area contributed by atoms with E-state index in [-0.39, 0.29) is 5.41 Å². The molecule has 0 aliphatic rings. The van der Waals surface area contributed by atoms with Crippen molar-refractivity contribution in [3.63, 3.8) is 0 Å². The summed E-state index contributed by atoms with van der Waals surface area (Å²) in [4.78, 5) is 4.71. The van der Waals surface area contributed by atoms with Crippen LogP contribution in [0.1, 0.15) is 58.5 Å². The Kier molecular flexibility index (Phi) is 3.87. The molecule has 1 atom stereocenters. The molecule has 0 radical (unpaired) electrons. The van der Waals surface area contributed by atoms with Crippen LogP contribution in [-0.2, 0) is 12.0 Å². The van der Waals surface area contributed by atoms with Gasteiger partial charge in [-0.3, -0.25) is 0 Å². The van der Waals surface area contributed by atoms with Crippen molar-refractivity contribution in [2.24, 2.45) is 0 Å². The summed E-state index contributed by atoms with van der Waals surface area (Å²) < 4.78 is 1.96. The molecule has 1 heterocycles. The molecule has 0 bridgehead atoms. The molecule has 0 saturated heterocycles. The molecule has 3 nitrogen and oxygen atoms in total. The topological polar surface area (TPSA) is 43.8 Å². The number of anilines is 1. The minimum atomic E-state index is -0.0450. The number of nitrogens with two attached hydrogens (primary N) is 1. The molecule has 0 amide bonds. The molecule has 0 fully saturated rings. The maximum Gasteiger partial charge on any atom is 0.127 e. The Bertz CT molecular complexity index is 430. The van der Waals surface area contributed by atoms with Crippen LogP contribution in [0.2, 0.25) is 0 Å². The van der Waals surface area contributed by atoms with Crippen molar-refractivity contribution in [2.75, 3.05) is 5.73 Å². The van der Waals surface area contributed by atoms with Gasteiger partial charge in [0.15, 0.2) is 0 Å². The third kappa shape index (κ3) is 2.63. The first-order chi connectivity index (χ1) is 7.82. The Morgan fingerprint density at radius 2 is 2.06 bits per heavy atom. The highest BCUT2D eigenvalue weighted by Crippen LogP contribution is 2.30. The number of terminal acetylenes is 1. The van der Waals surface area contributed by atoms with Gasteiger partial charge in [0.25, 0.3) is 0 Å². The average Bonchev–Trinajstić information content (AvgIpc) is 2.56. The van der Waals surface area contributed by atoms with Crippen molar-refractivity contribution < 1.29 is 0 Å². The molecular formula is C14H23N3. The predicted molar refractivity (Wildman–Crippen MR) is 72.9 cm³/mol. The summed E-state index contributed by atoms with van der Waals surface area (Å²) in [5.41, 5.74) is 7.10. The summed E-state index contributed by atoms with van der Waals surface area (Å²) in [6, 6.07) is 0. The molecule has 1 unspecified atom stereocenters. The third-order valence-corrected chi connectivity index (χ3v) is 3.03. The highest BCUT2D eigenvalue weighted by atomic mass is 15.1. The molecule has 0 aliphatic heterocycles. The first-order valence-electron chi connectivity index (χ1n) is 6.12. The average molecular weight is 233 g/mol. The minimum Gasteiger partial charge on any atom is -0.384 e. The first kappa shape index (κ1) is 13.6. The van der Waals surface area contributed by atoms with Crippen molar-refractivity contribution >= 4 is 5.82 Å². The van der Waals surface area contributed by atoms with Crippen molar-refractivity contribution in [3.8, 4) is 12.3 Å². The molecule has 0 spiro atoms. The zero-order valence-corrected chi connectivity index (χ0v) is 11.5. The fourth-order valence-corrected chi connectivity index (χ4v) is 1.86. The monoisotopic (exact) mass is 233 g/mol. The highest BCUT2D eigenvalue weighted by Gasteiger charge is 2.25. The molecular weight excluding hydrogens is 210 g/mol. The van der Waals surface area contributed by atoms with Gasteiger partial charge in [0.1, 0.15) is 11.6 Å². The predicted octanol–water partition coefficient (Wildman–Crippen LogP) is 2.91. The van der Waals surface area contributed by atoms with E-state index in [0.29, 0.717) is 12.5 Å². The van der Waals surface area contributed by atoms with Crippen LogP contribution in [-0.4, -0.2) is 9.55 Å². The van der Waals surface area contributed by atoms with E-state index in [1.165, 1.54) is 0 Å². The maximum absolute atomic E-state index is 6.17. The summed E-state index contributed by atoms with van der Waals surface area (Å²) in [7, 11) is 0. The van der Waals surface area contributed by atoms with Gasteiger partial charge in [-0.1, -0.05) is 40.5 Å². The van der Waals surface area contributed by atoms with Gasteiger partial charge in [-0.05, 0) is 6.42 Å². The molecule has 94 valence electrons. The van der Waals surface area contributed by atoms with Crippen LogP contribution in [0.3, 0.4) is 0 Å². The van der Waals surface area contributed by atoms with Gasteiger partial charge in [-0.15, -0.1) is 6.42 Å². The van der Waals surface area contributed by atoms with E-state index >= 15 is 0 Å². The lowest BCUT2D eigenvalue weighted by atomic mass is 9.95. The van der Waals surface area contributed by atoms with Crippen molar-refractivity contribution in [1.29, 1.82) is 0 Å². The second-order valence-electron chi connectivity index (χ2n) is 5.56. The van der Waals surface area contributed by atoms with E-state index in [4.69, 9.17) is 17.1 Å². The van der Waals surface area contributed by atoms with E-state index in [1.807, 2.05) is 4.57 Å². The van der Waals surface area contributed by atoms with Crippen LogP contribution in [0.4, 0.5) is 5.82 Å². The lowest BCUT2D eigenvalue weighted by Gasteiger charge is -2.19. The number of imidazole rings is 1. The van der Waals surface area contributed by atoms with Gasteiger partial charge in [0.2, 0.25) is 0 Å². The molecule has 1 aromatic heterocycles. The van der Waals surface area contributed by atoms with Gasteiger partial charge in [0.05, 0.1) is 12.2 Å². The molecule has 0 aliphatic carbocycles. The van der Waals surface area contributed by atoms with Crippen LogP contribution in [0.5, 0.6) is 0 Å². The fraction of sp³-hybridized carbons (Fsp3) is 0.643. The normalized spacial score (nSPS) is 13.4. The number of rotatable bonds is 3. The van der Waals surface area contributed by atoms with Crippen molar-refractivity contribution in [3.05, 3.63) is 11.5 Å². The molecule has 1 aromatic rings. The summed E-state index contributed by atoms with van der Waals surface area (Å²) in [6.07, 6.45) is 6.43. The summed E-state index contributed by atoms with van der Waals surface area (Å²) in [5.74, 6) is 4.72. The molecule has 17 heavy (non-hydrogen) atoms. The molecule has 2 N–H and O–H groups in total. The molecule has 1 rings (SSSR count). The zero-order chi connectivity index (χ0) is 13.2. The minimum absolute atomic E-state index is 0.0450. The van der Waals surface area contributed by atoms with Crippen LogP contribution in [0.25, 0.3) is 0 Å². The Morgan fingerprint density at radius 3 is 2.47 bits per heavy atom. The Labute approximate surface area is 104 Å². The smallest absolute Gasteiger partial charge is 0.127 e. The quantitative estimate of drug-likeness (QED) is 0.816. The van der Waals surface area contributed by atoms with Gasteiger partial charge >= 0.3 is 0 Å². The standard InChI is InChI=1S/C14H23N3/c1-7-9-17-12(15)11(10(3)8-2)16-13(17)14(4,5)6/h1,10H,8-9,15H2,2-6H3. The van der Waals surface area contributed by atoms with E-state index in [1.54, 1.807) is 0 Å². The van der Waals surface area contributed by atoms with Crippen LogP contribution >= 0.6 is 0 Å². The summed E-state index contributed by atoms with van der Waals surface area (Å²) in [5, 5.41) is 0. The number of nitrogen functional groups attached to an aromatic ring is 1. The second-order valence-corrected chi connectivity index (χ2v) is 5.56. The van der Waals surface area contributed by atoms with Crippen LogP contribution in [0, 0.1) is 12.3 Å². The third-order valence-electron chi connectivity index (χ3n) is 3.03. The number of hydrogen-bond acceptors (Lipinski definition) is 2. The van der Waals surface area contributed by atoms with E-state index in [0.717, 1.165) is 23.8 Å². The SMILES string of the molecule is C#CCn1c(C(C)(C)C)nc(C(C)CC)c1N. The summed E-state index contributed by atoms with van der Waals surface area (Å²) >= 11 is 0. The zero-order valence-electron chi connectivity index (χ0n) is 11.5. The lowest BCUT2D eigenvalue weighted by Crippen LogP contribution is -2.19. The van der Waals surface area contributed by atoms with Crippen LogP contribution in [0.15, 0.2) is 0 Å². The molecule has 0 saturated carbocycles. The van der Waals surface area contributed by atoms with Gasteiger partial charge in [-0.25, -0.2) is 4.98 Å². The fourth-order valence-electron chi connectivity index (χ4n) is 1.86. The summed E-state index contributed by atoms with van der Waals surface area (Å²) in [6.45, 7) is 11.2. The highest BCUT2D eigenvalue weighted by molar-refractivity contribution is 5.42. The lowest BCUT2D eigenvalue weighted by molar-refractivity contribution is 0.515. The van der Waals surface area contributed by atoms with Crippen LogP contribution < -0.4 is 5.73 Å². The molecule has 3 heteroatoms. The van der Waals surface area contributed by atoms with Crippen molar-refractivity contribution in [2.45, 2.75) is 58.9 Å². The largest absolute Gasteiger partial charge is 0.384 e. The Balaban J connectivity index is 3.36. The van der Waals surface area contributed by atoms with E-state index < -0.39 is 0 Å². The Hall–Kier alpha value is -1.43.